The van der Waals surface area contributed by atoms with Crippen LogP contribution in [0, 0.1) is 18.3 Å². The van der Waals surface area contributed by atoms with Gasteiger partial charge in [0.1, 0.15) is 11.8 Å². The van der Waals surface area contributed by atoms with E-state index in [4.69, 9.17) is 4.74 Å². The van der Waals surface area contributed by atoms with Gasteiger partial charge in [-0.25, -0.2) is 0 Å². The van der Waals surface area contributed by atoms with Crippen LogP contribution in [0.1, 0.15) is 18.1 Å². The molecule has 0 saturated carbocycles. The predicted molar refractivity (Wildman–Crippen MR) is 76.8 cm³/mol. The normalized spacial score (nSPS) is 9.74. The summed E-state index contributed by atoms with van der Waals surface area (Å²) in [6, 6.07) is 15.6. The summed E-state index contributed by atoms with van der Waals surface area (Å²) in [4.78, 5) is 0. The number of ether oxygens (including phenoxy) is 1. The summed E-state index contributed by atoms with van der Waals surface area (Å²) in [7, 11) is 0. The zero-order valence-electron chi connectivity index (χ0n) is 11.1. The van der Waals surface area contributed by atoms with E-state index >= 15 is 0 Å². The van der Waals surface area contributed by atoms with Crippen molar-refractivity contribution in [3.8, 4) is 11.8 Å². The van der Waals surface area contributed by atoms with Crippen molar-refractivity contribution in [1.82, 2.24) is 0 Å². The van der Waals surface area contributed by atoms with Crippen LogP contribution in [0.4, 0.5) is 11.4 Å². The van der Waals surface area contributed by atoms with Crippen LogP contribution in [0.2, 0.25) is 0 Å². The summed E-state index contributed by atoms with van der Waals surface area (Å²) in [6.45, 7) is 4.54. The van der Waals surface area contributed by atoms with Crippen molar-refractivity contribution in [2.24, 2.45) is 0 Å². The molecule has 0 saturated heterocycles. The Hall–Kier alpha value is -2.47. The number of hydrogen-bond acceptors (Lipinski definition) is 3. The van der Waals surface area contributed by atoms with E-state index in [-0.39, 0.29) is 0 Å². The average molecular weight is 252 g/mol. The van der Waals surface area contributed by atoms with Gasteiger partial charge in [0.2, 0.25) is 0 Å². The van der Waals surface area contributed by atoms with Crippen LogP contribution in [0.3, 0.4) is 0 Å². The van der Waals surface area contributed by atoms with Gasteiger partial charge < -0.3 is 10.1 Å². The van der Waals surface area contributed by atoms with Gasteiger partial charge in [-0.1, -0.05) is 24.3 Å². The Morgan fingerprint density at radius 1 is 1.16 bits per heavy atom. The first-order chi connectivity index (χ1) is 9.26. The molecule has 0 unspecified atom stereocenters. The minimum atomic E-state index is 0.609. The second-order valence-electron chi connectivity index (χ2n) is 4.16. The van der Waals surface area contributed by atoms with E-state index in [0.717, 1.165) is 22.7 Å². The molecule has 0 aliphatic rings. The Morgan fingerprint density at radius 2 is 1.95 bits per heavy atom. The van der Waals surface area contributed by atoms with Gasteiger partial charge in [0.25, 0.3) is 0 Å². The lowest BCUT2D eigenvalue weighted by Gasteiger charge is -2.14. The fourth-order valence-corrected chi connectivity index (χ4v) is 1.91. The molecule has 3 heteroatoms. The van der Waals surface area contributed by atoms with Crippen molar-refractivity contribution >= 4 is 11.4 Å². The van der Waals surface area contributed by atoms with Crippen LogP contribution >= 0.6 is 0 Å². The van der Waals surface area contributed by atoms with E-state index < -0.39 is 0 Å². The van der Waals surface area contributed by atoms with Crippen LogP contribution in [0.5, 0.6) is 5.75 Å². The molecular weight excluding hydrogens is 236 g/mol. The highest BCUT2D eigenvalue weighted by Gasteiger charge is 2.08. The second-order valence-corrected chi connectivity index (χ2v) is 4.16. The standard InChI is InChI=1S/C16H16N2O/c1-3-19-15-10-5-4-9-14(15)18-16-12(2)7-6-8-13(16)11-17/h4-10,18H,3H2,1-2H3. The first-order valence-corrected chi connectivity index (χ1v) is 6.24. The van der Waals surface area contributed by atoms with Crippen LogP contribution < -0.4 is 10.1 Å². The van der Waals surface area contributed by atoms with Gasteiger partial charge >= 0.3 is 0 Å². The van der Waals surface area contributed by atoms with Gasteiger partial charge in [-0.15, -0.1) is 0 Å². The minimum absolute atomic E-state index is 0.609. The highest BCUT2D eigenvalue weighted by Crippen LogP contribution is 2.30. The summed E-state index contributed by atoms with van der Waals surface area (Å²) >= 11 is 0. The van der Waals surface area contributed by atoms with Crippen molar-refractivity contribution < 1.29 is 4.74 Å². The fraction of sp³-hybridized carbons (Fsp3) is 0.188. The average Bonchev–Trinajstić information content (AvgIpc) is 2.43. The number of anilines is 2. The van der Waals surface area contributed by atoms with Crippen LogP contribution in [-0.2, 0) is 0 Å². The summed E-state index contributed by atoms with van der Waals surface area (Å²) in [5.41, 5.74) is 3.36. The molecule has 96 valence electrons. The molecule has 0 radical (unpaired) electrons. The molecule has 3 nitrogen and oxygen atoms in total. The van der Waals surface area contributed by atoms with E-state index in [2.05, 4.69) is 11.4 Å². The van der Waals surface area contributed by atoms with E-state index in [0.29, 0.717) is 12.2 Å². The molecule has 2 aromatic rings. The number of nitrogens with one attached hydrogen (secondary N) is 1. The zero-order chi connectivity index (χ0) is 13.7. The Kier molecular flexibility index (Phi) is 4.04. The van der Waals surface area contributed by atoms with Gasteiger partial charge in [0.05, 0.1) is 23.5 Å². The third kappa shape index (κ3) is 2.86. The molecular formula is C16H16N2O. The number of aryl methyl sites for hydroxylation is 1. The molecule has 19 heavy (non-hydrogen) atoms. The van der Waals surface area contributed by atoms with E-state index in [9.17, 15) is 5.26 Å². The lowest BCUT2D eigenvalue weighted by Crippen LogP contribution is -2.00. The number of para-hydroxylation sites is 3. The maximum atomic E-state index is 9.17. The van der Waals surface area contributed by atoms with Gasteiger partial charge in [-0.05, 0) is 37.6 Å². The number of nitrogens with zero attached hydrogens (tertiary/aromatic N) is 1. The zero-order valence-corrected chi connectivity index (χ0v) is 11.1. The van der Waals surface area contributed by atoms with Gasteiger partial charge in [-0.3, -0.25) is 0 Å². The largest absolute Gasteiger partial charge is 0.492 e. The Labute approximate surface area is 113 Å². The molecule has 0 aromatic heterocycles. The van der Waals surface area contributed by atoms with Crippen molar-refractivity contribution in [2.75, 3.05) is 11.9 Å². The van der Waals surface area contributed by atoms with Crippen molar-refractivity contribution in [1.29, 1.82) is 5.26 Å². The number of hydrogen-bond donors (Lipinski definition) is 1. The summed E-state index contributed by atoms with van der Waals surface area (Å²) in [6.07, 6.45) is 0. The second kappa shape index (κ2) is 5.92. The van der Waals surface area contributed by atoms with E-state index in [1.165, 1.54) is 0 Å². The molecule has 0 fully saturated rings. The maximum Gasteiger partial charge on any atom is 0.142 e. The topological polar surface area (TPSA) is 45.0 Å². The molecule has 2 rings (SSSR count). The molecule has 2 aromatic carbocycles. The quantitative estimate of drug-likeness (QED) is 0.894. The molecule has 0 amide bonds. The molecule has 0 heterocycles. The number of nitriles is 1. The smallest absolute Gasteiger partial charge is 0.142 e. The lowest BCUT2D eigenvalue weighted by molar-refractivity contribution is 0.342. The van der Waals surface area contributed by atoms with Gasteiger partial charge in [0, 0.05) is 0 Å². The van der Waals surface area contributed by atoms with E-state index in [1.54, 1.807) is 6.07 Å². The Balaban J connectivity index is 2.39. The number of benzene rings is 2. The van der Waals surface area contributed by atoms with Crippen molar-refractivity contribution in [3.05, 3.63) is 53.6 Å². The number of rotatable bonds is 4. The SMILES string of the molecule is CCOc1ccccc1Nc1c(C)cccc1C#N. The maximum absolute atomic E-state index is 9.17. The first kappa shape index (κ1) is 13.0. The Bertz CT molecular complexity index is 614. The molecule has 0 aliphatic heterocycles. The summed E-state index contributed by atoms with van der Waals surface area (Å²) in [5.74, 6) is 0.789. The molecule has 0 spiro atoms. The van der Waals surface area contributed by atoms with Crippen molar-refractivity contribution in [3.63, 3.8) is 0 Å². The fourth-order valence-electron chi connectivity index (χ4n) is 1.91. The summed E-state index contributed by atoms with van der Waals surface area (Å²) < 4.78 is 5.58. The van der Waals surface area contributed by atoms with E-state index in [1.807, 2.05) is 50.2 Å². The molecule has 0 atom stereocenters. The van der Waals surface area contributed by atoms with Gasteiger partial charge in [0.15, 0.2) is 0 Å². The van der Waals surface area contributed by atoms with Gasteiger partial charge in [-0.2, -0.15) is 5.26 Å². The molecule has 0 aliphatic carbocycles. The Morgan fingerprint density at radius 3 is 2.68 bits per heavy atom. The lowest BCUT2D eigenvalue weighted by atomic mass is 10.1. The monoisotopic (exact) mass is 252 g/mol. The third-order valence-electron chi connectivity index (χ3n) is 2.84. The van der Waals surface area contributed by atoms with Crippen LogP contribution in [0.25, 0.3) is 0 Å². The molecule has 0 bridgehead atoms. The van der Waals surface area contributed by atoms with Crippen molar-refractivity contribution in [2.45, 2.75) is 13.8 Å². The minimum Gasteiger partial charge on any atom is -0.492 e. The van der Waals surface area contributed by atoms with Crippen LogP contribution in [0.15, 0.2) is 42.5 Å². The predicted octanol–water partition coefficient (Wildman–Crippen LogP) is 4.01. The molecule has 1 N–H and O–H groups in total. The highest BCUT2D eigenvalue weighted by molar-refractivity contribution is 5.73. The van der Waals surface area contributed by atoms with Crippen LogP contribution in [-0.4, -0.2) is 6.61 Å². The summed E-state index contributed by atoms with van der Waals surface area (Å²) in [5, 5.41) is 12.5. The third-order valence-corrected chi connectivity index (χ3v) is 2.84. The first-order valence-electron chi connectivity index (χ1n) is 6.24. The highest BCUT2D eigenvalue weighted by atomic mass is 16.5.